The van der Waals surface area contributed by atoms with E-state index in [2.05, 4.69) is 17.2 Å². The van der Waals surface area contributed by atoms with Gasteiger partial charge in [0.05, 0.1) is 17.1 Å². The Morgan fingerprint density at radius 3 is 2.89 bits per heavy atom. The van der Waals surface area contributed by atoms with Crippen molar-refractivity contribution >= 4 is 17.2 Å². The van der Waals surface area contributed by atoms with Crippen LogP contribution in [-0.4, -0.2) is 42.0 Å². The Kier molecular flexibility index (Phi) is 4.72. The Morgan fingerprint density at radius 2 is 2.28 bits per heavy atom. The fourth-order valence-corrected chi connectivity index (χ4v) is 3.01. The number of carbonyl (C=O) groups is 1. The second-order valence-electron chi connectivity index (χ2n) is 4.75. The molecule has 1 aromatic heterocycles. The van der Waals surface area contributed by atoms with Crippen LogP contribution < -0.4 is 5.32 Å². The Morgan fingerprint density at radius 1 is 1.56 bits per heavy atom. The van der Waals surface area contributed by atoms with Crippen LogP contribution in [0.5, 0.6) is 0 Å². The van der Waals surface area contributed by atoms with Crippen molar-refractivity contribution < 1.29 is 4.79 Å². The third-order valence-electron chi connectivity index (χ3n) is 3.48. The van der Waals surface area contributed by atoms with Gasteiger partial charge in [0.2, 0.25) is 5.91 Å². The van der Waals surface area contributed by atoms with Gasteiger partial charge < -0.3 is 10.2 Å². The Balaban J connectivity index is 1.90. The summed E-state index contributed by atoms with van der Waals surface area (Å²) in [5, 5.41) is 6.44. The van der Waals surface area contributed by atoms with Crippen molar-refractivity contribution in [3.05, 3.63) is 16.1 Å². The maximum absolute atomic E-state index is 12.2. The molecule has 0 radical (unpaired) electrons. The van der Waals surface area contributed by atoms with Gasteiger partial charge in [-0.25, -0.2) is 4.98 Å². The van der Waals surface area contributed by atoms with Gasteiger partial charge in [-0.05, 0) is 32.4 Å². The molecule has 0 spiro atoms. The third-order valence-corrected chi connectivity index (χ3v) is 4.53. The topological polar surface area (TPSA) is 45.2 Å². The molecule has 0 bridgehead atoms. The molecule has 100 valence electrons. The summed E-state index contributed by atoms with van der Waals surface area (Å²) in [6.07, 6.45) is 3.50. The molecule has 1 fully saturated rings. The highest BCUT2D eigenvalue weighted by molar-refractivity contribution is 7.09. The SMILES string of the molecule is CCc1nc(CC(=O)N(C)C2CCNCC2)cs1. The van der Waals surface area contributed by atoms with E-state index in [1.165, 1.54) is 0 Å². The van der Waals surface area contributed by atoms with Crippen LogP contribution in [-0.2, 0) is 17.6 Å². The molecule has 2 heterocycles. The molecule has 1 aliphatic rings. The Labute approximate surface area is 112 Å². The lowest BCUT2D eigenvalue weighted by Gasteiger charge is -2.31. The molecule has 1 amide bonds. The molecule has 1 saturated heterocycles. The Bertz CT molecular complexity index is 399. The molecule has 0 aromatic carbocycles. The van der Waals surface area contributed by atoms with E-state index < -0.39 is 0 Å². The first kappa shape index (κ1) is 13.5. The van der Waals surface area contributed by atoms with Crippen molar-refractivity contribution in [1.29, 1.82) is 0 Å². The van der Waals surface area contributed by atoms with Gasteiger partial charge in [0, 0.05) is 18.5 Å². The molecule has 0 saturated carbocycles. The molecule has 2 rings (SSSR count). The number of nitrogens with zero attached hydrogens (tertiary/aromatic N) is 2. The van der Waals surface area contributed by atoms with E-state index in [0.29, 0.717) is 12.5 Å². The molecule has 1 aliphatic heterocycles. The Hall–Kier alpha value is -0.940. The maximum atomic E-state index is 12.2. The molecule has 0 atom stereocenters. The lowest BCUT2D eigenvalue weighted by atomic mass is 10.0. The summed E-state index contributed by atoms with van der Waals surface area (Å²) < 4.78 is 0. The zero-order valence-electron chi connectivity index (χ0n) is 11.1. The highest BCUT2D eigenvalue weighted by Crippen LogP contribution is 2.14. The molecule has 0 aliphatic carbocycles. The summed E-state index contributed by atoms with van der Waals surface area (Å²) in [5.74, 6) is 0.190. The van der Waals surface area contributed by atoms with Gasteiger partial charge in [-0.2, -0.15) is 0 Å². The molecule has 18 heavy (non-hydrogen) atoms. The smallest absolute Gasteiger partial charge is 0.228 e. The van der Waals surface area contributed by atoms with Gasteiger partial charge in [-0.1, -0.05) is 6.92 Å². The number of hydrogen-bond donors (Lipinski definition) is 1. The lowest BCUT2D eigenvalue weighted by molar-refractivity contribution is -0.131. The van der Waals surface area contributed by atoms with Crippen LogP contribution >= 0.6 is 11.3 Å². The molecule has 1 aromatic rings. The fraction of sp³-hybridized carbons (Fsp3) is 0.692. The van der Waals surface area contributed by atoms with E-state index in [1.54, 1.807) is 11.3 Å². The minimum Gasteiger partial charge on any atom is -0.342 e. The monoisotopic (exact) mass is 267 g/mol. The number of hydrogen-bond acceptors (Lipinski definition) is 4. The van der Waals surface area contributed by atoms with E-state index in [1.807, 2.05) is 17.3 Å². The molecule has 5 heteroatoms. The summed E-state index contributed by atoms with van der Waals surface area (Å²) in [6, 6.07) is 0.392. The van der Waals surface area contributed by atoms with Gasteiger partial charge in [-0.15, -0.1) is 11.3 Å². The van der Waals surface area contributed by atoms with Crippen molar-refractivity contribution in [3.63, 3.8) is 0 Å². The number of aryl methyl sites for hydroxylation is 1. The van der Waals surface area contributed by atoms with Crippen LogP contribution in [0.4, 0.5) is 0 Å². The minimum absolute atomic E-state index is 0.190. The third kappa shape index (κ3) is 3.29. The van der Waals surface area contributed by atoms with Gasteiger partial charge in [0.1, 0.15) is 0 Å². The predicted octanol–water partition coefficient (Wildman–Crippen LogP) is 1.46. The maximum Gasteiger partial charge on any atom is 0.228 e. The summed E-state index contributed by atoms with van der Waals surface area (Å²) in [5.41, 5.74) is 0.919. The highest BCUT2D eigenvalue weighted by atomic mass is 32.1. The molecule has 1 N–H and O–H groups in total. The number of rotatable bonds is 4. The van der Waals surface area contributed by atoms with Crippen LogP contribution in [0, 0.1) is 0 Å². The van der Waals surface area contributed by atoms with Crippen LogP contribution in [0.25, 0.3) is 0 Å². The van der Waals surface area contributed by atoms with Crippen molar-refractivity contribution in [2.24, 2.45) is 0 Å². The first-order valence-electron chi connectivity index (χ1n) is 6.60. The number of amides is 1. The fourth-order valence-electron chi connectivity index (χ4n) is 2.27. The largest absolute Gasteiger partial charge is 0.342 e. The standard InChI is InChI=1S/C13H21N3OS/c1-3-12-15-10(9-18-12)8-13(17)16(2)11-4-6-14-7-5-11/h9,11,14H,3-8H2,1-2H3. The molecular formula is C13H21N3OS. The van der Waals surface area contributed by atoms with Crippen molar-refractivity contribution in [2.45, 2.75) is 38.6 Å². The van der Waals surface area contributed by atoms with Crippen molar-refractivity contribution in [1.82, 2.24) is 15.2 Å². The first-order chi connectivity index (χ1) is 8.70. The van der Waals surface area contributed by atoms with E-state index in [0.717, 1.165) is 43.1 Å². The van der Waals surface area contributed by atoms with Gasteiger partial charge in [0.25, 0.3) is 0 Å². The second-order valence-corrected chi connectivity index (χ2v) is 5.69. The van der Waals surface area contributed by atoms with Crippen LogP contribution in [0.2, 0.25) is 0 Å². The van der Waals surface area contributed by atoms with E-state index in [-0.39, 0.29) is 5.91 Å². The van der Waals surface area contributed by atoms with Crippen LogP contribution in [0.1, 0.15) is 30.5 Å². The number of carbonyl (C=O) groups excluding carboxylic acids is 1. The molecule has 4 nitrogen and oxygen atoms in total. The summed E-state index contributed by atoms with van der Waals surface area (Å²) in [4.78, 5) is 18.5. The van der Waals surface area contributed by atoms with Crippen molar-refractivity contribution in [2.75, 3.05) is 20.1 Å². The summed E-state index contributed by atoms with van der Waals surface area (Å²) >= 11 is 1.65. The number of piperidine rings is 1. The van der Waals surface area contributed by atoms with Gasteiger partial charge >= 0.3 is 0 Å². The van der Waals surface area contributed by atoms with E-state index in [4.69, 9.17) is 0 Å². The second kappa shape index (κ2) is 6.29. The normalized spacial score (nSPS) is 16.8. The summed E-state index contributed by atoms with van der Waals surface area (Å²) in [7, 11) is 1.92. The first-order valence-corrected chi connectivity index (χ1v) is 7.48. The molecular weight excluding hydrogens is 246 g/mol. The van der Waals surface area contributed by atoms with Gasteiger partial charge in [0.15, 0.2) is 0 Å². The quantitative estimate of drug-likeness (QED) is 0.898. The zero-order chi connectivity index (χ0) is 13.0. The van der Waals surface area contributed by atoms with Crippen molar-refractivity contribution in [3.8, 4) is 0 Å². The number of thiazole rings is 1. The van der Waals surface area contributed by atoms with E-state index >= 15 is 0 Å². The average Bonchev–Trinajstić information content (AvgIpc) is 2.86. The van der Waals surface area contributed by atoms with Gasteiger partial charge in [-0.3, -0.25) is 4.79 Å². The molecule has 0 unspecified atom stereocenters. The van der Waals surface area contributed by atoms with Crippen LogP contribution in [0.3, 0.4) is 0 Å². The predicted molar refractivity (Wildman–Crippen MR) is 73.9 cm³/mol. The zero-order valence-corrected chi connectivity index (χ0v) is 11.9. The number of aromatic nitrogens is 1. The lowest BCUT2D eigenvalue weighted by Crippen LogP contribution is -2.44. The number of nitrogens with one attached hydrogen (secondary N) is 1. The average molecular weight is 267 g/mol. The minimum atomic E-state index is 0.190. The van der Waals surface area contributed by atoms with Crippen LogP contribution in [0.15, 0.2) is 5.38 Å². The number of likely N-dealkylation sites (N-methyl/N-ethyl adjacent to an activating group) is 1. The van der Waals surface area contributed by atoms with E-state index in [9.17, 15) is 4.79 Å². The highest BCUT2D eigenvalue weighted by Gasteiger charge is 2.22. The summed E-state index contributed by atoms with van der Waals surface area (Å²) in [6.45, 7) is 4.11.